The van der Waals surface area contributed by atoms with Gasteiger partial charge < -0.3 is 9.84 Å². The minimum atomic E-state index is -0.418. The van der Waals surface area contributed by atoms with Crippen molar-refractivity contribution in [3.63, 3.8) is 0 Å². The Kier molecular flexibility index (Phi) is 7.24. The molecule has 1 aliphatic rings. The Labute approximate surface area is 135 Å². The van der Waals surface area contributed by atoms with E-state index in [1.54, 1.807) is 6.92 Å². The minimum Gasteiger partial charge on any atom is -0.491 e. The largest absolute Gasteiger partial charge is 0.491 e. The number of aryl methyl sites for hydroxylation is 1. The zero-order valence-electron chi connectivity index (χ0n) is 14.3. The normalized spacial score (nSPS) is 18.9. The van der Waals surface area contributed by atoms with Crippen molar-refractivity contribution in [3.8, 4) is 5.75 Å². The van der Waals surface area contributed by atoms with Crippen molar-refractivity contribution in [2.24, 2.45) is 11.8 Å². The average molecular weight is 304 g/mol. The van der Waals surface area contributed by atoms with Crippen molar-refractivity contribution < 1.29 is 9.84 Å². The van der Waals surface area contributed by atoms with Gasteiger partial charge in [-0.05, 0) is 49.7 Å². The molecule has 1 aromatic carbocycles. The molecule has 0 aliphatic heterocycles. The van der Waals surface area contributed by atoms with Gasteiger partial charge in [0.25, 0.3) is 0 Å². The summed E-state index contributed by atoms with van der Waals surface area (Å²) in [6, 6.07) is 8.26. The summed E-state index contributed by atoms with van der Waals surface area (Å²) in [4.78, 5) is 0. The maximum Gasteiger partial charge on any atom is 0.122 e. The minimum absolute atomic E-state index is 0.370. The molecule has 2 unspecified atom stereocenters. The molecule has 0 heterocycles. The molecule has 0 amide bonds. The van der Waals surface area contributed by atoms with E-state index in [4.69, 9.17) is 4.74 Å². The van der Waals surface area contributed by atoms with Crippen molar-refractivity contribution in [1.29, 1.82) is 0 Å². The molecule has 0 saturated heterocycles. The monoisotopic (exact) mass is 304 g/mol. The molecule has 1 fully saturated rings. The van der Waals surface area contributed by atoms with Crippen molar-refractivity contribution in [2.75, 3.05) is 6.61 Å². The number of para-hydroxylation sites is 1. The summed E-state index contributed by atoms with van der Waals surface area (Å²) < 4.78 is 5.73. The highest BCUT2D eigenvalue weighted by Crippen LogP contribution is 2.31. The highest BCUT2D eigenvalue weighted by molar-refractivity contribution is 5.33. The maximum absolute atomic E-state index is 9.38. The van der Waals surface area contributed by atoms with Crippen molar-refractivity contribution in [3.05, 3.63) is 29.8 Å². The second-order valence-corrected chi connectivity index (χ2v) is 7.15. The average Bonchev–Trinajstić information content (AvgIpc) is 2.52. The van der Waals surface area contributed by atoms with Crippen LogP contribution < -0.4 is 4.74 Å². The molecule has 22 heavy (non-hydrogen) atoms. The Morgan fingerprint density at radius 2 is 1.86 bits per heavy atom. The molecule has 2 nitrogen and oxygen atoms in total. The van der Waals surface area contributed by atoms with Crippen molar-refractivity contribution >= 4 is 0 Å². The van der Waals surface area contributed by atoms with E-state index in [1.807, 2.05) is 12.1 Å². The van der Waals surface area contributed by atoms with Crippen LogP contribution in [0.2, 0.25) is 0 Å². The summed E-state index contributed by atoms with van der Waals surface area (Å²) in [7, 11) is 0. The first-order chi connectivity index (χ1) is 10.6. The lowest BCUT2D eigenvalue weighted by molar-refractivity contribution is 0.122. The van der Waals surface area contributed by atoms with E-state index in [-0.39, 0.29) is 0 Å². The lowest BCUT2D eigenvalue weighted by Crippen LogP contribution is -2.14. The molecule has 0 spiro atoms. The van der Waals surface area contributed by atoms with Gasteiger partial charge in [0.15, 0.2) is 0 Å². The van der Waals surface area contributed by atoms with Gasteiger partial charge in [0.2, 0.25) is 0 Å². The topological polar surface area (TPSA) is 29.5 Å². The lowest BCUT2D eigenvalue weighted by Gasteiger charge is -2.24. The summed E-state index contributed by atoms with van der Waals surface area (Å²) in [5, 5.41) is 9.38. The van der Waals surface area contributed by atoms with Crippen LogP contribution in [-0.2, 0) is 6.42 Å². The lowest BCUT2D eigenvalue weighted by atomic mass is 9.82. The first kappa shape index (κ1) is 17.3. The van der Waals surface area contributed by atoms with Crippen molar-refractivity contribution in [1.82, 2.24) is 0 Å². The van der Waals surface area contributed by atoms with Gasteiger partial charge in [-0.1, -0.05) is 57.2 Å². The second-order valence-electron chi connectivity index (χ2n) is 7.15. The van der Waals surface area contributed by atoms with Gasteiger partial charge in [-0.25, -0.2) is 0 Å². The fraction of sp³-hybridized carbons (Fsp3) is 0.700. The van der Waals surface area contributed by atoms with E-state index < -0.39 is 6.10 Å². The summed E-state index contributed by atoms with van der Waals surface area (Å²) >= 11 is 0. The van der Waals surface area contributed by atoms with Crippen LogP contribution in [0.15, 0.2) is 24.3 Å². The molecular formula is C20H32O2. The van der Waals surface area contributed by atoms with Gasteiger partial charge in [0, 0.05) is 0 Å². The van der Waals surface area contributed by atoms with E-state index in [9.17, 15) is 5.11 Å². The highest BCUT2D eigenvalue weighted by atomic mass is 16.5. The molecule has 2 atom stereocenters. The second kappa shape index (κ2) is 9.19. The quantitative estimate of drug-likeness (QED) is 0.733. The number of aliphatic hydroxyl groups is 1. The standard InChI is InChI=1S/C20H32O2/c1-16(14-18-8-4-3-5-9-18)12-13-19-10-6-7-11-20(19)22-15-17(2)21/h6-7,10-11,16-18,21H,3-5,8-9,12-15H2,1-2H3. The molecule has 0 bridgehead atoms. The fourth-order valence-corrected chi connectivity index (χ4v) is 3.57. The third-order valence-corrected chi connectivity index (χ3v) is 4.82. The number of aliphatic hydroxyl groups excluding tert-OH is 1. The van der Waals surface area contributed by atoms with E-state index in [0.717, 1.165) is 24.0 Å². The SMILES string of the molecule is CC(O)COc1ccccc1CCC(C)CC1CCCCC1. The van der Waals surface area contributed by atoms with Crippen LogP contribution in [-0.4, -0.2) is 17.8 Å². The Morgan fingerprint density at radius 3 is 2.59 bits per heavy atom. The molecule has 1 aromatic rings. The Bertz CT molecular complexity index is 421. The Morgan fingerprint density at radius 1 is 1.14 bits per heavy atom. The van der Waals surface area contributed by atoms with Crippen LogP contribution in [0.25, 0.3) is 0 Å². The molecule has 1 saturated carbocycles. The zero-order chi connectivity index (χ0) is 15.8. The third-order valence-electron chi connectivity index (χ3n) is 4.82. The van der Waals surface area contributed by atoms with Gasteiger partial charge in [-0.3, -0.25) is 0 Å². The molecule has 1 aliphatic carbocycles. The van der Waals surface area contributed by atoms with Crippen LogP contribution in [0.1, 0.15) is 64.4 Å². The number of hydrogen-bond acceptors (Lipinski definition) is 2. The van der Waals surface area contributed by atoms with Crippen LogP contribution >= 0.6 is 0 Å². The van der Waals surface area contributed by atoms with Crippen molar-refractivity contribution in [2.45, 2.75) is 71.3 Å². The van der Waals surface area contributed by atoms with E-state index >= 15 is 0 Å². The third kappa shape index (κ3) is 6.00. The Balaban J connectivity index is 1.79. The van der Waals surface area contributed by atoms with Gasteiger partial charge >= 0.3 is 0 Å². The van der Waals surface area contributed by atoms with Gasteiger partial charge in [0.05, 0.1) is 6.10 Å². The molecule has 0 aromatic heterocycles. The van der Waals surface area contributed by atoms with Crippen LogP contribution in [0, 0.1) is 11.8 Å². The molecule has 124 valence electrons. The number of hydrogen-bond donors (Lipinski definition) is 1. The smallest absolute Gasteiger partial charge is 0.122 e. The first-order valence-electron chi connectivity index (χ1n) is 9.04. The number of ether oxygens (including phenoxy) is 1. The van der Waals surface area contributed by atoms with E-state index in [0.29, 0.717) is 6.61 Å². The number of benzene rings is 1. The van der Waals surface area contributed by atoms with E-state index in [1.165, 1.54) is 50.5 Å². The van der Waals surface area contributed by atoms with Gasteiger partial charge in [-0.2, -0.15) is 0 Å². The Hall–Kier alpha value is -1.02. The first-order valence-corrected chi connectivity index (χ1v) is 9.04. The van der Waals surface area contributed by atoms with Crippen LogP contribution in [0.5, 0.6) is 5.75 Å². The summed E-state index contributed by atoms with van der Waals surface area (Å²) in [5.74, 6) is 2.69. The highest BCUT2D eigenvalue weighted by Gasteiger charge is 2.16. The molecule has 2 rings (SSSR count). The van der Waals surface area contributed by atoms with Gasteiger partial charge in [-0.15, -0.1) is 0 Å². The molecule has 0 radical (unpaired) electrons. The van der Waals surface area contributed by atoms with Crippen LogP contribution in [0.3, 0.4) is 0 Å². The fourth-order valence-electron chi connectivity index (χ4n) is 3.57. The molecule has 2 heteroatoms. The molecule has 1 N–H and O–H groups in total. The zero-order valence-corrected chi connectivity index (χ0v) is 14.3. The predicted octanol–water partition coefficient (Wildman–Crippen LogP) is 4.99. The van der Waals surface area contributed by atoms with Gasteiger partial charge in [0.1, 0.15) is 12.4 Å². The maximum atomic E-state index is 9.38. The van der Waals surface area contributed by atoms with Crippen LogP contribution in [0.4, 0.5) is 0 Å². The molecular weight excluding hydrogens is 272 g/mol. The number of rotatable bonds is 8. The predicted molar refractivity (Wildman–Crippen MR) is 92.3 cm³/mol. The summed E-state index contributed by atoms with van der Waals surface area (Å²) in [6.45, 7) is 4.53. The summed E-state index contributed by atoms with van der Waals surface area (Å²) in [6.07, 6.45) is 10.5. The summed E-state index contributed by atoms with van der Waals surface area (Å²) in [5.41, 5.74) is 1.28. The van der Waals surface area contributed by atoms with E-state index in [2.05, 4.69) is 19.1 Å².